The number of fused-ring (bicyclic) bond motifs is 1. The summed E-state index contributed by atoms with van der Waals surface area (Å²) in [6.45, 7) is 2.46. The third-order valence-corrected chi connectivity index (χ3v) is 4.32. The van der Waals surface area contributed by atoms with Gasteiger partial charge in [0.2, 0.25) is 0 Å². The van der Waals surface area contributed by atoms with E-state index in [1.807, 2.05) is 23.1 Å². The molecule has 2 heterocycles. The molecule has 0 atom stereocenters. The Morgan fingerprint density at radius 1 is 1.32 bits per heavy atom. The molecule has 0 bridgehead atoms. The SMILES string of the molecule is COC1(C(=O)N2CCc3ccccc32)CCNCC1. The number of rotatable bonds is 2. The van der Waals surface area contributed by atoms with E-state index in [0.717, 1.165) is 44.6 Å². The zero-order valence-electron chi connectivity index (χ0n) is 11.3. The molecule has 0 aliphatic carbocycles. The fourth-order valence-corrected chi connectivity index (χ4v) is 3.13. The molecule has 2 aliphatic rings. The first-order chi connectivity index (χ1) is 9.27. The number of nitrogens with zero attached hydrogens (tertiary/aromatic N) is 1. The van der Waals surface area contributed by atoms with Crippen LogP contribution in [0.25, 0.3) is 0 Å². The lowest BCUT2D eigenvalue weighted by molar-refractivity contribution is -0.143. The first kappa shape index (κ1) is 12.6. The number of nitrogens with one attached hydrogen (secondary N) is 1. The van der Waals surface area contributed by atoms with Gasteiger partial charge in [-0.3, -0.25) is 4.79 Å². The number of para-hydroxylation sites is 1. The summed E-state index contributed by atoms with van der Waals surface area (Å²) in [6.07, 6.45) is 2.45. The van der Waals surface area contributed by atoms with Crippen LogP contribution >= 0.6 is 0 Å². The van der Waals surface area contributed by atoms with Crippen molar-refractivity contribution in [3.8, 4) is 0 Å². The van der Waals surface area contributed by atoms with Gasteiger partial charge in [-0.1, -0.05) is 18.2 Å². The summed E-state index contributed by atoms with van der Waals surface area (Å²) in [7, 11) is 1.66. The summed E-state index contributed by atoms with van der Waals surface area (Å²) in [5.74, 6) is 0.126. The lowest BCUT2D eigenvalue weighted by Crippen LogP contribution is -2.55. The third kappa shape index (κ3) is 2.05. The molecule has 0 unspecified atom stereocenters. The molecule has 0 spiro atoms. The third-order valence-electron chi connectivity index (χ3n) is 4.32. The van der Waals surface area contributed by atoms with Crippen molar-refractivity contribution < 1.29 is 9.53 Å². The molecule has 0 saturated carbocycles. The number of anilines is 1. The Balaban J connectivity index is 1.88. The highest BCUT2D eigenvalue weighted by Gasteiger charge is 2.44. The Labute approximate surface area is 113 Å². The molecular formula is C15H20N2O2. The van der Waals surface area contributed by atoms with Gasteiger partial charge >= 0.3 is 0 Å². The summed E-state index contributed by atoms with van der Waals surface area (Å²) < 4.78 is 5.64. The topological polar surface area (TPSA) is 41.6 Å². The van der Waals surface area contributed by atoms with Gasteiger partial charge in [0.15, 0.2) is 0 Å². The lowest BCUT2D eigenvalue weighted by Gasteiger charge is -2.37. The van der Waals surface area contributed by atoms with Crippen molar-refractivity contribution in [1.82, 2.24) is 5.32 Å². The molecule has 19 heavy (non-hydrogen) atoms. The van der Waals surface area contributed by atoms with Gasteiger partial charge in [-0.15, -0.1) is 0 Å². The second kappa shape index (κ2) is 4.94. The Morgan fingerprint density at radius 3 is 2.79 bits per heavy atom. The minimum atomic E-state index is -0.636. The van der Waals surface area contributed by atoms with Gasteiger partial charge in [0.05, 0.1) is 0 Å². The number of methoxy groups -OCH3 is 1. The van der Waals surface area contributed by atoms with Crippen LogP contribution < -0.4 is 10.2 Å². The summed E-state index contributed by atoms with van der Waals surface area (Å²) in [6, 6.07) is 8.16. The Kier molecular flexibility index (Phi) is 3.29. The molecule has 1 fully saturated rings. The highest BCUT2D eigenvalue weighted by Crippen LogP contribution is 2.33. The molecule has 2 aliphatic heterocycles. The maximum absolute atomic E-state index is 12.9. The molecular weight excluding hydrogens is 240 g/mol. The van der Waals surface area contributed by atoms with E-state index in [1.54, 1.807) is 7.11 Å². The smallest absolute Gasteiger partial charge is 0.259 e. The summed E-state index contributed by atoms with van der Waals surface area (Å²) in [4.78, 5) is 14.8. The fourth-order valence-electron chi connectivity index (χ4n) is 3.13. The zero-order chi connectivity index (χ0) is 13.3. The minimum absolute atomic E-state index is 0.126. The van der Waals surface area contributed by atoms with E-state index in [-0.39, 0.29) is 5.91 Å². The van der Waals surface area contributed by atoms with E-state index in [0.29, 0.717) is 0 Å². The summed E-state index contributed by atoms with van der Waals surface area (Å²) in [5.41, 5.74) is 1.68. The maximum Gasteiger partial charge on any atom is 0.259 e. The largest absolute Gasteiger partial charge is 0.368 e. The van der Waals surface area contributed by atoms with E-state index in [1.165, 1.54) is 5.56 Å². The van der Waals surface area contributed by atoms with Crippen LogP contribution in [0.15, 0.2) is 24.3 Å². The molecule has 0 aromatic heterocycles. The van der Waals surface area contributed by atoms with Gasteiger partial charge in [-0.2, -0.15) is 0 Å². The molecule has 1 saturated heterocycles. The number of hydrogen-bond acceptors (Lipinski definition) is 3. The van der Waals surface area contributed by atoms with Crippen molar-refractivity contribution >= 4 is 11.6 Å². The normalized spacial score (nSPS) is 21.2. The van der Waals surface area contributed by atoms with Crippen molar-refractivity contribution in [2.24, 2.45) is 0 Å². The number of benzene rings is 1. The van der Waals surface area contributed by atoms with Crippen LogP contribution in [0.1, 0.15) is 18.4 Å². The van der Waals surface area contributed by atoms with Crippen LogP contribution in [0.3, 0.4) is 0 Å². The van der Waals surface area contributed by atoms with E-state index >= 15 is 0 Å². The van der Waals surface area contributed by atoms with Gasteiger partial charge < -0.3 is 15.0 Å². The van der Waals surface area contributed by atoms with Crippen LogP contribution in [0.5, 0.6) is 0 Å². The zero-order valence-corrected chi connectivity index (χ0v) is 11.3. The van der Waals surface area contributed by atoms with E-state index in [4.69, 9.17) is 4.74 Å². The Hall–Kier alpha value is -1.39. The van der Waals surface area contributed by atoms with Crippen molar-refractivity contribution in [2.75, 3.05) is 31.6 Å². The van der Waals surface area contributed by atoms with Gasteiger partial charge in [-0.25, -0.2) is 0 Å². The van der Waals surface area contributed by atoms with Crippen molar-refractivity contribution in [3.63, 3.8) is 0 Å². The highest BCUT2D eigenvalue weighted by molar-refractivity contribution is 6.01. The highest BCUT2D eigenvalue weighted by atomic mass is 16.5. The molecule has 4 nitrogen and oxygen atoms in total. The van der Waals surface area contributed by atoms with Crippen LogP contribution in [-0.4, -0.2) is 38.3 Å². The molecule has 102 valence electrons. The Bertz CT molecular complexity index is 481. The van der Waals surface area contributed by atoms with Crippen LogP contribution in [-0.2, 0) is 16.0 Å². The van der Waals surface area contributed by atoms with E-state index < -0.39 is 5.60 Å². The molecule has 1 aromatic carbocycles. The average molecular weight is 260 g/mol. The summed E-state index contributed by atoms with van der Waals surface area (Å²) >= 11 is 0. The number of amides is 1. The fraction of sp³-hybridized carbons (Fsp3) is 0.533. The first-order valence-electron chi connectivity index (χ1n) is 6.93. The number of hydrogen-bond donors (Lipinski definition) is 1. The maximum atomic E-state index is 12.9. The Morgan fingerprint density at radius 2 is 2.05 bits per heavy atom. The van der Waals surface area contributed by atoms with E-state index in [2.05, 4.69) is 11.4 Å². The predicted octanol–water partition coefficient (Wildman–Crippen LogP) is 1.34. The molecule has 0 radical (unpaired) electrons. The molecule has 1 N–H and O–H groups in total. The van der Waals surface area contributed by atoms with Crippen LogP contribution in [0.4, 0.5) is 5.69 Å². The molecule has 3 rings (SSSR count). The number of ether oxygens (including phenoxy) is 1. The average Bonchev–Trinajstić information content (AvgIpc) is 2.91. The van der Waals surface area contributed by atoms with Crippen molar-refractivity contribution in [3.05, 3.63) is 29.8 Å². The van der Waals surface area contributed by atoms with Gasteiger partial charge in [0, 0.05) is 19.3 Å². The first-order valence-corrected chi connectivity index (χ1v) is 6.93. The number of carbonyl (C=O) groups excluding carboxylic acids is 1. The van der Waals surface area contributed by atoms with Gasteiger partial charge in [-0.05, 0) is 44.0 Å². The number of piperidine rings is 1. The predicted molar refractivity (Wildman–Crippen MR) is 74.3 cm³/mol. The van der Waals surface area contributed by atoms with Crippen LogP contribution in [0.2, 0.25) is 0 Å². The molecule has 1 amide bonds. The standard InChI is InChI=1S/C15H20N2O2/c1-19-15(7-9-16-10-8-15)14(18)17-11-6-12-4-2-3-5-13(12)17/h2-5,16H,6-11H2,1H3. The minimum Gasteiger partial charge on any atom is -0.368 e. The van der Waals surface area contributed by atoms with E-state index in [9.17, 15) is 4.79 Å². The van der Waals surface area contributed by atoms with Gasteiger partial charge in [0.1, 0.15) is 5.60 Å². The second-order valence-electron chi connectivity index (χ2n) is 5.28. The van der Waals surface area contributed by atoms with Crippen molar-refractivity contribution in [2.45, 2.75) is 24.9 Å². The molecule has 1 aromatic rings. The monoisotopic (exact) mass is 260 g/mol. The van der Waals surface area contributed by atoms with Crippen LogP contribution in [0, 0.1) is 0 Å². The molecule has 4 heteroatoms. The quantitative estimate of drug-likeness (QED) is 0.872. The summed E-state index contributed by atoms with van der Waals surface area (Å²) in [5, 5.41) is 3.29. The van der Waals surface area contributed by atoms with Crippen molar-refractivity contribution in [1.29, 1.82) is 0 Å². The second-order valence-corrected chi connectivity index (χ2v) is 5.28. The number of carbonyl (C=O) groups is 1. The van der Waals surface area contributed by atoms with Gasteiger partial charge in [0.25, 0.3) is 5.91 Å². The lowest BCUT2D eigenvalue weighted by atomic mass is 9.90.